The standard InChI is InChI=1S/C12H15BrFNO/c1-7-6-9(13)12(16)10(11(7)14)8-2-4-15-5-3-8/h6,8,15-16H,2-5H2,1H3. The second kappa shape index (κ2) is 4.72. The molecule has 2 rings (SSSR count). The Kier molecular flexibility index (Phi) is 3.50. The monoisotopic (exact) mass is 287 g/mol. The number of aromatic hydroxyl groups is 1. The highest BCUT2D eigenvalue weighted by molar-refractivity contribution is 9.10. The molecule has 16 heavy (non-hydrogen) atoms. The van der Waals surface area contributed by atoms with E-state index in [-0.39, 0.29) is 17.5 Å². The number of phenolic OH excluding ortho intramolecular Hbond substituents is 1. The first-order chi connectivity index (χ1) is 7.61. The molecule has 1 aromatic rings. The van der Waals surface area contributed by atoms with Crippen molar-refractivity contribution in [3.8, 4) is 5.75 Å². The molecule has 1 aliphatic heterocycles. The lowest BCUT2D eigenvalue weighted by atomic mass is 9.88. The molecular formula is C12H15BrFNO. The van der Waals surface area contributed by atoms with Crippen LogP contribution >= 0.6 is 15.9 Å². The quantitative estimate of drug-likeness (QED) is 0.832. The third kappa shape index (κ3) is 2.09. The minimum absolute atomic E-state index is 0.0648. The summed E-state index contributed by atoms with van der Waals surface area (Å²) in [6.45, 7) is 3.49. The van der Waals surface area contributed by atoms with E-state index in [1.165, 1.54) is 0 Å². The van der Waals surface area contributed by atoms with Gasteiger partial charge in [-0.3, -0.25) is 0 Å². The summed E-state index contributed by atoms with van der Waals surface area (Å²) in [6, 6.07) is 1.62. The van der Waals surface area contributed by atoms with E-state index in [2.05, 4.69) is 21.2 Å². The lowest BCUT2D eigenvalue weighted by Gasteiger charge is -2.25. The van der Waals surface area contributed by atoms with Crippen LogP contribution in [-0.2, 0) is 0 Å². The molecule has 0 unspecified atom stereocenters. The smallest absolute Gasteiger partial charge is 0.136 e. The normalized spacial score (nSPS) is 17.7. The second-order valence-corrected chi connectivity index (χ2v) is 5.13. The summed E-state index contributed by atoms with van der Waals surface area (Å²) in [6.07, 6.45) is 1.75. The molecule has 1 aromatic carbocycles. The molecule has 0 saturated carbocycles. The van der Waals surface area contributed by atoms with Gasteiger partial charge in [-0.25, -0.2) is 4.39 Å². The Balaban J connectivity index is 2.45. The summed E-state index contributed by atoms with van der Waals surface area (Å²) in [4.78, 5) is 0. The van der Waals surface area contributed by atoms with E-state index in [1.54, 1.807) is 13.0 Å². The first-order valence-corrected chi connectivity index (χ1v) is 6.28. The predicted molar refractivity (Wildman–Crippen MR) is 65.3 cm³/mol. The third-order valence-corrected chi connectivity index (χ3v) is 3.76. The average Bonchev–Trinajstić information content (AvgIpc) is 2.28. The molecule has 0 aromatic heterocycles. The van der Waals surface area contributed by atoms with Crippen molar-refractivity contribution < 1.29 is 9.50 Å². The largest absolute Gasteiger partial charge is 0.506 e. The maximum atomic E-state index is 14.0. The Morgan fingerprint density at radius 3 is 2.69 bits per heavy atom. The summed E-state index contributed by atoms with van der Waals surface area (Å²) in [7, 11) is 0. The van der Waals surface area contributed by atoms with Gasteiger partial charge in [0.15, 0.2) is 0 Å². The molecule has 88 valence electrons. The van der Waals surface area contributed by atoms with Gasteiger partial charge in [0.1, 0.15) is 11.6 Å². The van der Waals surface area contributed by atoms with E-state index in [9.17, 15) is 9.50 Å². The number of hydrogen-bond donors (Lipinski definition) is 2. The number of benzene rings is 1. The van der Waals surface area contributed by atoms with Crippen molar-refractivity contribution in [2.24, 2.45) is 0 Å². The highest BCUT2D eigenvalue weighted by Gasteiger charge is 2.24. The number of hydrogen-bond acceptors (Lipinski definition) is 2. The molecule has 0 aliphatic carbocycles. The molecule has 1 aliphatic rings. The number of nitrogens with one attached hydrogen (secondary N) is 1. The van der Waals surface area contributed by atoms with Crippen molar-refractivity contribution >= 4 is 15.9 Å². The van der Waals surface area contributed by atoms with E-state index in [4.69, 9.17) is 0 Å². The highest BCUT2D eigenvalue weighted by Crippen LogP contribution is 2.39. The first kappa shape index (κ1) is 11.9. The minimum atomic E-state index is -0.257. The molecule has 0 bridgehead atoms. The maximum absolute atomic E-state index is 14.0. The van der Waals surface area contributed by atoms with Gasteiger partial charge >= 0.3 is 0 Å². The van der Waals surface area contributed by atoms with Crippen molar-refractivity contribution in [2.75, 3.05) is 13.1 Å². The van der Waals surface area contributed by atoms with Crippen molar-refractivity contribution in [3.63, 3.8) is 0 Å². The molecule has 4 heteroatoms. The number of phenols is 1. The Bertz CT molecular complexity index is 376. The van der Waals surface area contributed by atoms with Gasteiger partial charge in [-0.2, -0.15) is 0 Å². The van der Waals surface area contributed by atoms with E-state index in [0.717, 1.165) is 25.9 Å². The molecule has 2 nitrogen and oxygen atoms in total. The zero-order valence-electron chi connectivity index (χ0n) is 9.19. The van der Waals surface area contributed by atoms with E-state index in [1.807, 2.05) is 0 Å². The van der Waals surface area contributed by atoms with Crippen molar-refractivity contribution in [1.82, 2.24) is 5.32 Å². The first-order valence-electron chi connectivity index (χ1n) is 5.49. The van der Waals surface area contributed by atoms with Crippen LogP contribution in [0.25, 0.3) is 0 Å². The van der Waals surface area contributed by atoms with Gasteiger partial charge in [0, 0.05) is 5.56 Å². The van der Waals surface area contributed by atoms with Crippen LogP contribution in [0.1, 0.15) is 29.9 Å². The SMILES string of the molecule is Cc1cc(Br)c(O)c(C2CCNCC2)c1F. The fraction of sp³-hybridized carbons (Fsp3) is 0.500. The highest BCUT2D eigenvalue weighted by atomic mass is 79.9. The van der Waals surface area contributed by atoms with Crippen LogP contribution in [0, 0.1) is 12.7 Å². The molecule has 0 spiro atoms. The van der Waals surface area contributed by atoms with Gasteiger partial charge in [0.2, 0.25) is 0 Å². The molecule has 1 fully saturated rings. The minimum Gasteiger partial charge on any atom is -0.506 e. The van der Waals surface area contributed by atoms with Gasteiger partial charge < -0.3 is 10.4 Å². The Hall–Kier alpha value is -0.610. The Morgan fingerprint density at radius 2 is 2.06 bits per heavy atom. The molecule has 0 radical (unpaired) electrons. The van der Waals surface area contributed by atoms with Crippen LogP contribution in [0.5, 0.6) is 5.75 Å². The fourth-order valence-electron chi connectivity index (χ4n) is 2.25. The molecule has 1 saturated heterocycles. The zero-order chi connectivity index (χ0) is 11.7. The number of rotatable bonds is 1. The lowest BCUT2D eigenvalue weighted by molar-refractivity contribution is 0.406. The van der Waals surface area contributed by atoms with Crippen molar-refractivity contribution in [1.29, 1.82) is 0 Å². The summed E-state index contributed by atoms with van der Waals surface area (Å²) in [5.74, 6) is -0.0694. The average molecular weight is 288 g/mol. The summed E-state index contributed by atoms with van der Waals surface area (Å²) < 4.78 is 14.6. The predicted octanol–water partition coefficient (Wildman–Crippen LogP) is 3.07. The van der Waals surface area contributed by atoms with E-state index >= 15 is 0 Å². The summed E-state index contributed by atoms with van der Waals surface area (Å²) >= 11 is 3.27. The number of piperidine rings is 1. The van der Waals surface area contributed by atoms with Crippen LogP contribution in [0.2, 0.25) is 0 Å². The van der Waals surface area contributed by atoms with Crippen molar-refractivity contribution in [2.45, 2.75) is 25.7 Å². The van der Waals surface area contributed by atoms with Gasteiger partial charge in [-0.15, -0.1) is 0 Å². The second-order valence-electron chi connectivity index (χ2n) is 4.28. The molecule has 2 N–H and O–H groups in total. The van der Waals surface area contributed by atoms with Crippen LogP contribution in [0.15, 0.2) is 10.5 Å². The number of halogens is 2. The van der Waals surface area contributed by atoms with Crippen LogP contribution in [-0.4, -0.2) is 18.2 Å². The Morgan fingerprint density at radius 1 is 1.44 bits per heavy atom. The zero-order valence-corrected chi connectivity index (χ0v) is 10.8. The lowest BCUT2D eigenvalue weighted by Crippen LogP contribution is -2.27. The van der Waals surface area contributed by atoms with Crippen LogP contribution in [0.4, 0.5) is 4.39 Å². The van der Waals surface area contributed by atoms with Gasteiger partial charge in [-0.05, 0) is 66.3 Å². The van der Waals surface area contributed by atoms with E-state index < -0.39 is 0 Å². The van der Waals surface area contributed by atoms with E-state index in [0.29, 0.717) is 15.6 Å². The fourth-order valence-corrected chi connectivity index (χ4v) is 2.81. The topological polar surface area (TPSA) is 32.3 Å². The molecule has 0 amide bonds. The molecule has 0 atom stereocenters. The Labute approximate surface area is 103 Å². The summed E-state index contributed by atoms with van der Waals surface area (Å²) in [5, 5.41) is 13.2. The van der Waals surface area contributed by atoms with Crippen LogP contribution < -0.4 is 5.32 Å². The maximum Gasteiger partial charge on any atom is 0.136 e. The molecular weight excluding hydrogens is 273 g/mol. The third-order valence-electron chi connectivity index (χ3n) is 3.15. The van der Waals surface area contributed by atoms with Crippen LogP contribution in [0.3, 0.4) is 0 Å². The summed E-state index contributed by atoms with van der Waals surface area (Å²) in [5.41, 5.74) is 1.06. The van der Waals surface area contributed by atoms with Gasteiger partial charge in [0.25, 0.3) is 0 Å². The van der Waals surface area contributed by atoms with Gasteiger partial charge in [-0.1, -0.05) is 0 Å². The number of aryl methyl sites for hydroxylation is 1. The molecule has 1 heterocycles. The van der Waals surface area contributed by atoms with Crippen molar-refractivity contribution in [3.05, 3.63) is 27.5 Å². The van der Waals surface area contributed by atoms with Gasteiger partial charge in [0.05, 0.1) is 4.47 Å².